The molecule has 0 saturated heterocycles. The summed E-state index contributed by atoms with van der Waals surface area (Å²) in [5.41, 5.74) is 1.71. The maximum Gasteiger partial charge on any atom is 0.167 e. The van der Waals surface area contributed by atoms with Gasteiger partial charge in [0.1, 0.15) is 5.44 Å². The monoisotopic (exact) mass is 151 g/mol. The van der Waals surface area contributed by atoms with Gasteiger partial charge in [0.15, 0.2) is 5.58 Å². The maximum absolute atomic E-state index is 4.98. The molecule has 50 valence electrons. The van der Waals surface area contributed by atoms with Crippen molar-refractivity contribution in [3.05, 3.63) is 24.3 Å². The molecule has 2 aromatic rings. The Kier molecular flexibility index (Phi) is 1.21. The Labute approximate surface area is 60.4 Å². The third kappa shape index (κ3) is 0.729. The van der Waals surface area contributed by atoms with Crippen LogP contribution >= 0.6 is 9.24 Å². The normalized spacial score (nSPS) is 10.5. The summed E-state index contributed by atoms with van der Waals surface area (Å²) in [6.45, 7) is 0. The van der Waals surface area contributed by atoms with Gasteiger partial charge < -0.3 is 4.52 Å². The van der Waals surface area contributed by atoms with Gasteiger partial charge in [-0.2, -0.15) is 0 Å². The van der Waals surface area contributed by atoms with Crippen molar-refractivity contribution in [2.24, 2.45) is 0 Å². The van der Waals surface area contributed by atoms with Crippen LogP contribution in [0.3, 0.4) is 0 Å². The topological polar surface area (TPSA) is 26.0 Å². The van der Waals surface area contributed by atoms with Crippen molar-refractivity contribution in [1.29, 1.82) is 0 Å². The molecule has 1 aromatic carbocycles. The fraction of sp³-hybridized carbons (Fsp3) is 0. The van der Waals surface area contributed by atoms with E-state index in [-0.39, 0.29) is 0 Å². The summed E-state index contributed by atoms with van der Waals surface area (Å²) in [5.74, 6) is 0. The Morgan fingerprint density at radius 1 is 1.30 bits per heavy atom. The summed E-state index contributed by atoms with van der Waals surface area (Å²) in [6, 6.07) is 7.77. The summed E-state index contributed by atoms with van der Waals surface area (Å²) in [4.78, 5) is 0. The number of fused-ring (bicyclic) bond motifs is 1. The van der Waals surface area contributed by atoms with Gasteiger partial charge in [0.2, 0.25) is 0 Å². The summed E-state index contributed by atoms with van der Waals surface area (Å²) in [5, 5.41) is 4.85. The highest BCUT2D eigenvalue weighted by Crippen LogP contribution is 2.11. The zero-order valence-electron chi connectivity index (χ0n) is 5.24. The molecule has 0 amide bonds. The standard InChI is InChI=1S/C7H6NOP/c10-7-5-3-1-2-4-6(5)9-8-7/h1-4H,10H2. The fourth-order valence-corrected chi connectivity index (χ4v) is 1.20. The van der Waals surface area contributed by atoms with Crippen LogP contribution < -0.4 is 5.44 Å². The summed E-state index contributed by atoms with van der Waals surface area (Å²) < 4.78 is 4.98. The molecule has 0 aliphatic carbocycles. The van der Waals surface area contributed by atoms with E-state index in [1.165, 1.54) is 0 Å². The Morgan fingerprint density at radius 3 is 2.90 bits per heavy atom. The SMILES string of the molecule is Pc1noc2ccccc12. The predicted octanol–water partition coefficient (Wildman–Crippen LogP) is 1.33. The molecule has 10 heavy (non-hydrogen) atoms. The molecule has 3 heteroatoms. The van der Waals surface area contributed by atoms with E-state index in [1.807, 2.05) is 24.3 Å². The van der Waals surface area contributed by atoms with Gasteiger partial charge in [-0.1, -0.05) is 26.5 Å². The minimum atomic E-state index is 0.840. The minimum Gasteiger partial charge on any atom is -0.356 e. The molecule has 0 aliphatic heterocycles. The number of hydrogen-bond donors (Lipinski definition) is 0. The van der Waals surface area contributed by atoms with Gasteiger partial charge in [-0.15, -0.1) is 0 Å². The van der Waals surface area contributed by atoms with E-state index >= 15 is 0 Å². The highest BCUT2D eigenvalue weighted by molar-refractivity contribution is 7.27. The van der Waals surface area contributed by atoms with E-state index in [0.717, 1.165) is 16.4 Å². The Bertz CT molecular complexity index is 355. The van der Waals surface area contributed by atoms with Crippen molar-refractivity contribution in [2.75, 3.05) is 0 Å². The first-order valence-electron chi connectivity index (χ1n) is 2.98. The summed E-state index contributed by atoms with van der Waals surface area (Å²) >= 11 is 0. The Balaban J connectivity index is 2.93. The Morgan fingerprint density at radius 2 is 2.10 bits per heavy atom. The third-order valence-electron chi connectivity index (χ3n) is 1.41. The number of rotatable bonds is 0. The fourth-order valence-electron chi connectivity index (χ4n) is 0.905. The van der Waals surface area contributed by atoms with Gasteiger partial charge >= 0.3 is 0 Å². The summed E-state index contributed by atoms with van der Waals surface area (Å²) in [7, 11) is 2.53. The molecule has 0 spiro atoms. The molecule has 1 heterocycles. The van der Waals surface area contributed by atoms with Crippen LogP contribution in [0.4, 0.5) is 0 Å². The van der Waals surface area contributed by atoms with Crippen LogP contribution in [0.1, 0.15) is 0 Å². The highest BCUT2D eigenvalue weighted by Gasteiger charge is 1.99. The van der Waals surface area contributed by atoms with Crippen LogP contribution in [0.15, 0.2) is 28.8 Å². The van der Waals surface area contributed by atoms with Crippen molar-refractivity contribution in [3.63, 3.8) is 0 Å². The van der Waals surface area contributed by atoms with Crippen molar-refractivity contribution in [3.8, 4) is 0 Å². The van der Waals surface area contributed by atoms with Gasteiger partial charge in [0, 0.05) is 5.39 Å². The van der Waals surface area contributed by atoms with Gasteiger partial charge in [0.25, 0.3) is 0 Å². The van der Waals surface area contributed by atoms with Gasteiger partial charge in [-0.3, -0.25) is 0 Å². The van der Waals surface area contributed by atoms with Crippen LogP contribution in [0.25, 0.3) is 11.0 Å². The van der Waals surface area contributed by atoms with Crippen LogP contribution in [-0.4, -0.2) is 5.16 Å². The number of para-hydroxylation sites is 1. The van der Waals surface area contributed by atoms with Crippen molar-refractivity contribution in [2.45, 2.75) is 0 Å². The van der Waals surface area contributed by atoms with Crippen molar-refractivity contribution < 1.29 is 4.52 Å². The molecule has 1 aromatic heterocycles. The van der Waals surface area contributed by atoms with Crippen LogP contribution in [-0.2, 0) is 0 Å². The largest absolute Gasteiger partial charge is 0.356 e. The lowest BCUT2D eigenvalue weighted by Crippen LogP contribution is -1.87. The average molecular weight is 151 g/mol. The maximum atomic E-state index is 4.98. The lowest BCUT2D eigenvalue weighted by molar-refractivity contribution is 0.463. The second-order valence-corrected chi connectivity index (χ2v) is 2.61. The smallest absolute Gasteiger partial charge is 0.167 e. The second kappa shape index (κ2) is 2.06. The van der Waals surface area contributed by atoms with E-state index in [4.69, 9.17) is 4.52 Å². The first-order valence-corrected chi connectivity index (χ1v) is 3.55. The van der Waals surface area contributed by atoms with E-state index < -0.39 is 0 Å². The minimum absolute atomic E-state index is 0.840. The molecule has 0 fully saturated rings. The van der Waals surface area contributed by atoms with E-state index in [2.05, 4.69) is 14.4 Å². The lowest BCUT2D eigenvalue weighted by Gasteiger charge is -1.81. The molecule has 1 atom stereocenters. The number of nitrogens with zero attached hydrogens (tertiary/aromatic N) is 1. The molecule has 2 rings (SSSR count). The van der Waals surface area contributed by atoms with Gasteiger partial charge in [-0.25, -0.2) is 0 Å². The second-order valence-electron chi connectivity index (χ2n) is 2.06. The lowest BCUT2D eigenvalue weighted by atomic mass is 10.3. The number of benzene rings is 1. The molecular weight excluding hydrogens is 145 g/mol. The first kappa shape index (κ1) is 5.87. The van der Waals surface area contributed by atoms with E-state index in [0.29, 0.717) is 0 Å². The zero-order chi connectivity index (χ0) is 6.97. The molecule has 2 nitrogen and oxygen atoms in total. The van der Waals surface area contributed by atoms with Crippen molar-refractivity contribution in [1.82, 2.24) is 5.16 Å². The van der Waals surface area contributed by atoms with E-state index in [1.54, 1.807) is 0 Å². The van der Waals surface area contributed by atoms with Crippen LogP contribution in [0.5, 0.6) is 0 Å². The molecule has 1 unspecified atom stereocenters. The van der Waals surface area contributed by atoms with Gasteiger partial charge in [0.05, 0.1) is 0 Å². The average Bonchev–Trinajstić information content (AvgIpc) is 2.34. The molecule has 0 bridgehead atoms. The molecule has 0 radical (unpaired) electrons. The Hall–Kier alpha value is -0.880. The predicted molar refractivity (Wildman–Crippen MR) is 43.4 cm³/mol. The number of aromatic nitrogens is 1. The summed E-state index contributed by atoms with van der Waals surface area (Å²) in [6.07, 6.45) is 0. The van der Waals surface area contributed by atoms with Crippen LogP contribution in [0, 0.1) is 0 Å². The molecule has 0 aliphatic rings. The van der Waals surface area contributed by atoms with Crippen LogP contribution in [0.2, 0.25) is 0 Å². The quantitative estimate of drug-likeness (QED) is 0.531. The number of hydrogen-bond acceptors (Lipinski definition) is 2. The molecular formula is C7H6NOP. The van der Waals surface area contributed by atoms with Gasteiger partial charge in [-0.05, 0) is 12.1 Å². The molecule has 0 saturated carbocycles. The van der Waals surface area contributed by atoms with Crippen molar-refractivity contribution >= 4 is 25.6 Å². The first-order chi connectivity index (χ1) is 4.88. The molecule has 0 N–H and O–H groups in total. The third-order valence-corrected chi connectivity index (χ3v) is 1.82. The van der Waals surface area contributed by atoms with E-state index in [9.17, 15) is 0 Å². The highest BCUT2D eigenvalue weighted by atomic mass is 31.0. The zero-order valence-corrected chi connectivity index (χ0v) is 6.40.